The predicted molar refractivity (Wildman–Crippen MR) is 264 cm³/mol. The molecule has 0 spiro atoms. The Morgan fingerprint density at radius 2 is 1.68 bits per heavy atom. The third kappa shape index (κ3) is 9.11. The van der Waals surface area contributed by atoms with Gasteiger partial charge in [0.2, 0.25) is 11.8 Å². The number of aryl methyl sites for hydroxylation is 2. The average molecular weight is 975 g/mol. The zero-order valence-corrected chi connectivity index (χ0v) is 40.6. The van der Waals surface area contributed by atoms with Gasteiger partial charge in [0, 0.05) is 101 Å². The number of β-amino-alcohol motifs (C(OH)–C–C–N with tert-alkyl or cyclic N) is 1. The molecule has 3 N–H and O–H groups in total. The van der Waals surface area contributed by atoms with Crippen molar-refractivity contribution >= 4 is 55.9 Å². The van der Waals surface area contributed by atoms with E-state index in [2.05, 4.69) is 36.1 Å². The number of aromatic hydroxyl groups is 1. The van der Waals surface area contributed by atoms with Crippen LogP contribution in [0.5, 0.6) is 11.8 Å². The molecule has 4 saturated heterocycles. The number of halogens is 3. The van der Waals surface area contributed by atoms with Gasteiger partial charge in [-0.3, -0.25) is 29.5 Å². The lowest BCUT2D eigenvalue weighted by atomic mass is 9.91. The number of ether oxygens (including phenoxy) is 1. The topological polar surface area (TPSA) is 165 Å². The number of piperazine rings is 1. The van der Waals surface area contributed by atoms with E-state index in [0.717, 1.165) is 49.1 Å². The molecule has 71 heavy (non-hydrogen) atoms. The summed E-state index contributed by atoms with van der Waals surface area (Å²) in [6.45, 7) is 9.96. The quantitative estimate of drug-likeness (QED) is 0.108. The van der Waals surface area contributed by atoms with Crippen LogP contribution in [0.1, 0.15) is 82.4 Å². The summed E-state index contributed by atoms with van der Waals surface area (Å²) in [6.07, 6.45) is 6.55. The van der Waals surface area contributed by atoms with E-state index < -0.39 is 28.8 Å². The van der Waals surface area contributed by atoms with Crippen LogP contribution in [0.2, 0.25) is 0 Å². The van der Waals surface area contributed by atoms with Crippen LogP contribution in [0.3, 0.4) is 0 Å². The minimum Gasteiger partial charge on any atom is -0.508 e. The number of carbonyl (C=O) groups is 2. The van der Waals surface area contributed by atoms with E-state index in [9.17, 15) is 19.8 Å². The SMILES string of the molecule is CCc1c(F)ccc2cc(O)cc(-c3ncc4c(N5CCC[C@@](C)(O)C5)nc(OCC5(CN6CCC(F)(CN7CCN(c8cccc9c(C%10CCC(=O)NC%10=O)nn(C)c89)CC7)CC6)CC5)nc4c3F)c12. The standard InChI is InChI=1S/C53H61F3N10O5/c1-4-34-39(54)11-9-32-25-33(67)26-37(42(32)34)45-43(55)46-38(27-57-45)48(66-18-6-13-51(2,70)28-66)60-50(59-46)71-31-52(14-15-52)29-63-19-16-53(56,17-20-63)30-64-21-23-65(24-22-64)40-8-5-7-35-44(61-62(3)47(35)40)36-10-12-41(68)58-49(36)69/h5,7-9,11,25-27,36,67,70H,4,6,10,12-24,28-31H2,1-3H3,(H,58,68,69)/t36?,51-/m1/s1. The van der Waals surface area contributed by atoms with Gasteiger partial charge in [-0.1, -0.05) is 25.1 Å². The molecule has 5 fully saturated rings. The zero-order chi connectivity index (χ0) is 49.4. The van der Waals surface area contributed by atoms with Gasteiger partial charge in [-0.05, 0) is 98.9 Å². The fraction of sp³-hybridized carbons (Fsp3) is 0.509. The number of piperidine rings is 3. The van der Waals surface area contributed by atoms with Crippen molar-refractivity contribution < 1.29 is 37.7 Å². The Balaban J connectivity index is 0.753. The van der Waals surface area contributed by atoms with Crippen LogP contribution in [0.15, 0.2) is 48.7 Å². The summed E-state index contributed by atoms with van der Waals surface area (Å²) in [5, 5.41) is 31.3. The molecular formula is C53H61F3N10O5. The highest BCUT2D eigenvalue weighted by Gasteiger charge is 2.47. The number of benzene rings is 3. The van der Waals surface area contributed by atoms with Gasteiger partial charge in [-0.2, -0.15) is 15.1 Å². The maximum absolute atomic E-state index is 17.1. The molecule has 3 aromatic carbocycles. The number of alkyl halides is 1. The third-order valence-electron chi connectivity index (χ3n) is 15.8. The van der Waals surface area contributed by atoms with Crippen LogP contribution in [-0.2, 0) is 23.1 Å². The van der Waals surface area contributed by atoms with Crippen molar-refractivity contribution in [2.24, 2.45) is 12.5 Å². The lowest BCUT2D eigenvalue weighted by molar-refractivity contribution is -0.134. The largest absolute Gasteiger partial charge is 0.508 e. The van der Waals surface area contributed by atoms with Crippen LogP contribution in [0.25, 0.3) is 43.8 Å². The molecule has 374 valence electrons. The number of nitrogens with zero attached hydrogens (tertiary/aromatic N) is 9. The van der Waals surface area contributed by atoms with E-state index in [-0.39, 0.29) is 65.3 Å². The second-order valence-electron chi connectivity index (χ2n) is 21.2. The van der Waals surface area contributed by atoms with Gasteiger partial charge in [0.05, 0.1) is 40.4 Å². The molecule has 0 bridgehead atoms. The highest BCUT2D eigenvalue weighted by atomic mass is 19.1. The molecule has 1 aliphatic carbocycles. The smallest absolute Gasteiger partial charge is 0.319 e. The molecule has 15 nitrogen and oxygen atoms in total. The van der Waals surface area contributed by atoms with Crippen LogP contribution in [0, 0.1) is 17.0 Å². The van der Waals surface area contributed by atoms with Crippen molar-refractivity contribution in [3.63, 3.8) is 0 Å². The Bertz CT molecular complexity index is 3070. The Kier molecular flexibility index (Phi) is 12.1. The minimum atomic E-state index is -1.31. The molecule has 0 radical (unpaired) electrons. The summed E-state index contributed by atoms with van der Waals surface area (Å²) >= 11 is 0. The van der Waals surface area contributed by atoms with Gasteiger partial charge in [0.15, 0.2) is 5.82 Å². The predicted octanol–water partition coefficient (Wildman–Crippen LogP) is 6.93. The van der Waals surface area contributed by atoms with Crippen LogP contribution in [-0.4, -0.2) is 140 Å². The molecule has 5 aliphatic rings. The molecular weight excluding hydrogens is 914 g/mol. The number of hydrogen-bond donors (Lipinski definition) is 3. The number of nitrogens with one attached hydrogen (secondary N) is 1. The van der Waals surface area contributed by atoms with Crippen molar-refractivity contribution in [1.29, 1.82) is 0 Å². The number of anilines is 2. The Morgan fingerprint density at radius 3 is 2.41 bits per heavy atom. The Hall–Kier alpha value is -6.11. The fourth-order valence-electron chi connectivity index (χ4n) is 11.8. The number of carbonyl (C=O) groups excluding carboxylic acids is 2. The van der Waals surface area contributed by atoms with Crippen molar-refractivity contribution in [1.82, 2.24) is 39.8 Å². The van der Waals surface area contributed by atoms with Gasteiger partial charge in [0.1, 0.15) is 34.3 Å². The number of imide groups is 1. The van der Waals surface area contributed by atoms with Crippen molar-refractivity contribution in [2.75, 3.05) is 81.9 Å². The molecule has 7 heterocycles. The van der Waals surface area contributed by atoms with Crippen molar-refractivity contribution in [3.8, 4) is 23.0 Å². The lowest BCUT2D eigenvalue weighted by Gasteiger charge is -2.43. The molecule has 11 rings (SSSR count). The van der Waals surface area contributed by atoms with Gasteiger partial charge < -0.3 is 29.6 Å². The average Bonchev–Trinajstić information content (AvgIpc) is 4.03. The van der Waals surface area contributed by atoms with Gasteiger partial charge in [-0.25, -0.2) is 13.2 Å². The summed E-state index contributed by atoms with van der Waals surface area (Å²) in [6, 6.07) is 11.9. The lowest BCUT2D eigenvalue weighted by Crippen LogP contribution is -2.54. The number of phenols is 1. The Labute approximate surface area is 410 Å². The fourth-order valence-corrected chi connectivity index (χ4v) is 11.8. The maximum Gasteiger partial charge on any atom is 0.319 e. The first-order valence-electron chi connectivity index (χ1n) is 25.2. The van der Waals surface area contributed by atoms with E-state index >= 15 is 13.2 Å². The molecule has 3 aromatic heterocycles. The normalized spacial score (nSPS) is 22.9. The number of phenolic OH excluding ortho intramolecular Hbond substituents is 1. The van der Waals surface area contributed by atoms with Gasteiger partial charge in [0.25, 0.3) is 0 Å². The van der Waals surface area contributed by atoms with E-state index in [4.69, 9.17) is 14.8 Å². The number of aliphatic hydroxyl groups is 1. The van der Waals surface area contributed by atoms with Crippen LogP contribution in [0.4, 0.5) is 24.7 Å². The summed E-state index contributed by atoms with van der Waals surface area (Å²) in [5.41, 5.74) is 0.688. The van der Waals surface area contributed by atoms with Gasteiger partial charge >= 0.3 is 6.01 Å². The molecule has 6 aromatic rings. The van der Waals surface area contributed by atoms with Crippen molar-refractivity contribution in [3.05, 3.63) is 71.6 Å². The summed E-state index contributed by atoms with van der Waals surface area (Å²) in [4.78, 5) is 47.4. The molecule has 1 unspecified atom stereocenters. The second-order valence-corrected chi connectivity index (χ2v) is 21.2. The number of pyridine rings is 1. The summed E-state index contributed by atoms with van der Waals surface area (Å²) < 4.78 is 57.3. The number of rotatable bonds is 12. The monoisotopic (exact) mass is 974 g/mol. The first-order chi connectivity index (χ1) is 34.1. The molecule has 4 aliphatic heterocycles. The molecule has 2 atom stereocenters. The van der Waals surface area contributed by atoms with Crippen LogP contribution < -0.4 is 19.9 Å². The van der Waals surface area contributed by atoms with E-state index in [1.165, 1.54) is 24.4 Å². The third-order valence-corrected chi connectivity index (χ3v) is 15.8. The second kappa shape index (κ2) is 18.2. The van der Waals surface area contributed by atoms with Gasteiger partial charge in [-0.15, -0.1) is 0 Å². The number of para-hydroxylation sites is 1. The molecule has 1 saturated carbocycles. The van der Waals surface area contributed by atoms with E-state index in [1.807, 2.05) is 35.7 Å². The first-order valence-corrected chi connectivity index (χ1v) is 25.2. The number of likely N-dealkylation sites (tertiary alicyclic amines) is 1. The Morgan fingerprint density at radius 1 is 0.901 bits per heavy atom. The number of hydrogen-bond acceptors (Lipinski definition) is 13. The van der Waals surface area contributed by atoms with Crippen LogP contribution >= 0.6 is 0 Å². The highest BCUT2D eigenvalue weighted by molar-refractivity contribution is 6.04. The van der Waals surface area contributed by atoms with Crippen molar-refractivity contribution in [2.45, 2.75) is 88.8 Å². The first kappa shape index (κ1) is 47.2. The van der Waals surface area contributed by atoms with E-state index in [0.29, 0.717) is 111 Å². The number of fused-ring (bicyclic) bond motifs is 3. The molecule has 18 heteroatoms. The summed E-state index contributed by atoms with van der Waals surface area (Å²) in [5.74, 6) is -1.93. The number of amides is 2. The number of aromatic nitrogens is 5. The highest BCUT2D eigenvalue weighted by Crippen LogP contribution is 2.48. The molecule has 2 amide bonds. The minimum absolute atomic E-state index is 0.00315. The maximum atomic E-state index is 17.1. The summed E-state index contributed by atoms with van der Waals surface area (Å²) in [7, 11) is 1.89. The van der Waals surface area contributed by atoms with E-state index in [1.54, 1.807) is 13.0 Å². The zero-order valence-electron chi connectivity index (χ0n) is 40.6.